The SMILES string of the molecule is CO[C@]1(CO)CCCCCC[C@]2(CO)[C@@H]3COC(=O)[C@]312. The number of fused-ring (bicyclic) bond motifs is 1. The third-order valence-corrected chi connectivity index (χ3v) is 6.20. The van der Waals surface area contributed by atoms with Crippen LogP contribution in [0.5, 0.6) is 0 Å². The maximum Gasteiger partial charge on any atom is 0.316 e. The Balaban J connectivity index is 2.10. The standard InChI is InChI=1S/C15H24O5/c1-19-14(10-17)7-5-3-2-4-6-13(9-16)11-8-20-12(18)15(11,13)14/h11,16-17H,2-10H2,1H3/t11-,13-,14-,15-/m0/s1. The average molecular weight is 284 g/mol. The van der Waals surface area contributed by atoms with Crippen LogP contribution in [0.4, 0.5) is 0 Å². The molecule has 0 radical (unpaired) electrons. The van der Waals surface area contributed by atoms with Crippen molar-refractivity contribution >= 4 is 5.97 Å². The van der Waals surface area contributed by atoms with Gasteiger partial charge in [0.1, 0.15) is 11.0 Å². The van der Waals surface area contributed by atoms with E-state index in [2.05, 4.69) is 0 Å². The summed E-state index contributed by atoms with van der Waals surface area (Å²) < 4.78 is 11.0. The lowest BCUT2D eigenvalue weighted by atomic mass is 9.74. The minimum Gasteiger partial charge on any atom is -0.465 e. The molecule has 0 aromatic rings. The lowest BCUT2D eigenvalue weighted by Gasteiger charge is -2.39. The lowest BCUT2D eigenvalue weighted by molar-refractivity contribution is -0.173. The largest absolute Gasteiger partial charge is 0.465 e. The minimum atomic E-state index is -0.904. The van der Waals surface area contributed by atoms with E-state index in [-0.39, 0.29) is 25.1 Å². The Hall–Kier alpha value is -0.650. The van der Waals surface area contributed by atoms with Crippen molar-refractivity contribution in [3.63, 3.8) is 0 Å². The Labute approximate surface area is 119 Å². The average Bonchev–Trinajstić information content (AvgIpc) is 2.87. The summed E-state index contributed by atoms with van der Waals surface area (Å²) in [4.78, 5) is 12.5. The number of rotatable bonds is 3. The van der Waals surface area contributed by atoms with Gasteiger partial charge in [0.2, 0.25) is 0 Å². The highest BCUT2D eigenvalue weighted by Gasteiger charge is 2.90. The van der Waals surface area contributed by atoms with Gasteiger partial charge in [0.25, 0.3) is 0 Å². The molecule has 114 valence electrons. The summed E-state index contributed by atoms with van der Waals surface area (Å²) in [5, 5.41) is 20.0. The number of aliphatic hydroxyl groups excluding tert-OH is 2. The summed E-state index contributed by atoms with van der Waals surface area (Å²) >= 11 is 0. The van der Waals surface area contributed by atoms with Crippen molar-refractivity contribution in [2.75, 3.05) is 26.9 Å². The molecule has 0 aromatic carbocycles. The highest BCUT2D eigenvalue weighted by Crippen LogP contribution is 2.79. The van der Waals surface area contributed by atoms with Crippen molar-refractivity contribution in [2.45, 2.75) is 44.1 Å². The van der Waals surface area contributed by atoms with Gasteiger partial charge >= 0.3 is 5.97 Å². The van der Waals surface area contributed by atoms with Crippen LogP contribution in [0.1, 0.15) is 38.5 Å². The van der Waals surface area contributed by atoms with E-state index >= 15 is 0 Å². The third-order valence-electron chi connectivity index (χ3n) is 6.20. The summed E-state index contributed by atoms with van der Waals surface area (Å²) in [5.74, 6) is -0.299. The van der Waals surface area contributed by atoms with Crippen LogP contribution < -0.4 is 0 Å². The Morgan fingerprint density at radius 2 is 1.90 bits per heavy atom. The minimum absolute atomic E-state index is 0.0160. The number of carbonyl (C=O) groups is 1. The highest BCUT2D eigenvalue weighted by atomic mass is 16.6. The van der Waals surface area contributed by atoms with Crippen molar-refractivity contribution in [2.24, 2.45) is 16.7 Å². The molecule has 1 spiro atoms. The van der Waals surface area contributed by atoms with E-state index in [1.165, 1.54) is 0 Å². The van der Waals surface area contributed by atoms with Gasteiger partial charge < -0.3 is 19.7 Å². The maximum atomic E-state index is 12.5. The molecular formula is C15H24O5. The van der Waals surface area contributed by atoms with Crippen LogP contribution in [0.25, 0.3) is 0 Å². The molecule has 3 fully saturated rings. The second kappa shape index (κ2) is 4.68. The molecule has 3 rings (SSSR count). The summed E-state index contributed by atoms with van der Waals surface area (Å²) in [6.45, 7) is 0.124. The lowest BCUT2D eigenvalue weighted by Crippen LogP contribution is -2.52. The Morgan fingerprint density at radius 3 is 2.50 bits per heavy atom. The molecule has 0 bridgehead atoms. The highest BCUT2D eigenvalue weighted by molar-refractivity contribution is 5.87. The molecule has 2 N–H and O–H groups in total. The molecule has 4 atom stereocenters. The second-order valence-electron chi connectivity index (χ2n) is 6.54. The summed E-state index contributed by atoms with van der Waals surface area (Å²) in [5.41, 5.74) is -2.20. The molecular weight excluding hydrogens is 260 g/mol. The number of hydrogen-bond donors (Lipinski definition) is 2. The first-order chi connectivity index (χ1) is 9.65. The van der Waals surface area contributed by atoms with Gasteiger partial charge in [-0.25, -0.2) is 0 Å². The van der Waals surface area contributed by atoms with Gasteiger partial charge in [-0.05, 0) is 12.8 Å². The van der Waals surface area contributed by atoms with Crippen molar-refractivity contribution < 1.29 is 24.5 Å². The zero-order valence-electron chi connectivity index (χ0n) is 12.1. The van der Waals surface area contributed by atoms with Crippen LogP contribution in [0.2, 0.25) is 0 Å². The summed E-state index contributed by atoms with van der Waals surface area (Å²) in [6, 6.07) is 0. The fraction of sp³-hybridized carbons (Fsp3) is 0.933. The van der Waals surface area contributed by atoms with Crippen molar-refractivity contribution in [3.05, 3.63) is 0 Å². The van der Waals surface area contributed by atoms with Gasteiger partial charge in [0.15, 0.2) is 0 Å². The van der Waals surface area contributed by atoms with Gasteiger partial charge in [-0.2, -0.15) is 0 Å². The van der Waals surface area contributed by atoms with Crippen molar-refractivity contribution in [1.82, 2.24) is 0 Å². The van der Waals surface area contributed by atoms with Crippen LogP contribution in [-0.4, -0.2) is 48.7 Å². The Morgan fingerprint density at radius 1 is 1.20 bits per heavy atom. The van der Waals surface area contributed by atoms with Gasteiger partial charge in [0.05, 0.1) is 19.8 Å². The molecule has 0 unspecified atom stereocenters. The molecule has 2 saturated carbocycles. The van der Waals surface area contributed by atoms with Crippen LogP contribution >= 0.6 is 0 Å². The molecule has 0 aromatic heterocycles. The Kier molecular flexibility index (Phi) is 3.35. The fourth-order valence-corrected chi connectivity index (χ4v) is 5.16. The summed E-state index contributed by atoms with van der Waals surface area (Å²) in [6.07, 6.45) is 5.57. The van der Waals surface area contributed by atoms with E-state index in [9.17, 15) is 15.0 Å². The number of esters is 1. The molecule has 3 aliphatic rings. The topological polar surface area (TPSA) is 76.0 Å². The normalized spacial score (nSPS) is 47.5. The molecule has 1 aliphatic heterocycles. The van der Waals surface area contributed by atoms with Crippen molar-refractivity contribution in [1.29, 1.82) is 0 Å². The first-order valence-corrected chi connectivity index (χ1v) is 7.59. The van der Waals surface area contributed by atoms with E-state index in [1.54, 1.807) is 7.11 Å². The predicted octanol–water partition coefficient (Wildman–Crippen LogP) is 0.870. The van der Waals surface area contributed by atoms with Crippen LogP contribution in [-0.2, 0) is 14.3 Å². The quantitative estimate of drug-likeness (QED) is 0.752. The smallest absolute Gasteiger partial charge is 0.316 e. The van der Waals surface area contributed by atoms with E-state index in [0.29, 0.717) is 13.0 Å². The molecule has 20 heavy (non-hydrogen) atoms. The molecule has 2 aliphatic carbocycles. The van der Waals surface area contributed by atoms with Gasteiger partial charge in [-0.1, -0.05) is 25.7 Å². The van der Waals surface area contributed by atoms with Gasteiger partial charge in [-0.15, -0.1) is 0 Å². The Bertz CT molecular complexity index is 405. The molecule has 5 heteroatoms. The van der Waals surface area contributed by atoms with E-state index in [4.69, 9.17) is 9.47 Å². The zero-order valence-corrected chi connectivity index (χ0v) is 12.1. The van der Waals surface area contributed by atoms with Gasteiger partial charge in [0, 0.05) is 18.4 Å². The van der Waals surface area contributed by atoms with Gasteiger partial charge in [-0.3, -0.25) is 4.79 Å². The number of cyclic esters (lactones) is 1. The second-order valence-corrected chi connectivity index (χ2v) is 6.54. The van der Waals surface area contributed by atoms with E-state index in [1.807, 2.05) is 0 Å². The number of methoxy groups -OCH3 is 1. The summed E-state index contributed by atoms with van der Waals surface area (Å²) in [7, 11) is 1.56. The van der Waals surface area contributed by atoms with E-state index < -0.39 is 16.4 Å². The predicted molar refractivity (Wildman–Crippen MR) is 70.9 cm³/mol. The number of ether oxygens (including phenoxy) is 2. The molecule has 1 saturated heterocycles. The molecule has 0 amide bonds. The number of hydrogen-bond acceptors (Lipinski definition) is 5. The molecule has 5 nitrogen and oxygen atoms in total. The van der Waals surface area contributed by atoms with Crippen LogP contribution in [0, 0.1) is 16.7 Å². The molecule has 1 heterocycles. The number of carbonyl (C=O) groups excluding carboxylic acids is 1. The maximum absolute atomic E-state index is 12.5. The zero-order chi connectivity index (χ0) is 14.4. The monoisotopic (exact) mass is 284 g/mol. The third kappa shape index (κ3) is 1.36. The van der Waals surface area contributed by atoms with Crippen LogP contribution in [0.15, 0.2) is 0 Å². The number of aliphatic hydroxyl groups is 2. The fourth-order valence-electron chi connectivity index (χ4n) is 5.16. The first kappa shape index (κ1) is 14.3. The van der Waals surface area contributed by atoms with E-state index in [0.717, 1.165) is 32.1 Å². The van der Waals surface area contributed by atoms with Crippen molar-refractivity contribution in [3.8, 4) is 0 Å². The van der Waals surface area contributed by atoms with Crippen LogP contribution in [0.3, 0.4) is 0 Å². The first-order valence-electron chi connectivity index (χ1n) is 7.59.